The highest BCUT2D eigenvalue weighted by Gasteiger charge is 2.68. The predicted molar refractivity (Wildman–Crippen MR) is 68.2 cm³/mol. The molecular formula is C15H24O3. The van der Waals surface area contributed by atoms with E-state index in [4.69, 9.17) is 4.74 Å². The van der Waals surface area contributed by atoms with E-state index in [9.17, 15) is 9.90 Å². The summed E-state index contributed by atoms with van der Waals surface area (Å²) in [5, 5.41) is 9.41. The molecule has 102 valence electrons. The number of carbonyl (C=O) groups is 1. The van der Waals surface area contributed by atoms with E-state index in [0.717, 1.165) is 25.7 Å². The molecule has 2 saturated carbocycles. The van der Waals surface area contributed by atoms with Crippen LogP contribution in [-0.4, -0.2) is 28.7 Å². The molecule has 1 N–H and O–H groups in total. The molecular weight excluding hydrogens is 228 g/mol. The molecule has 3 heteroatoms. The van der Waals surface area contributed by atoms with Gasteiger partial charge in [-0.2, -0.15) is 0 Å². The van der Waals surface area contributed by atoms with Gasteiger partial charge in [-0.15, -0.1) is 0 Å². The third-order valence-corrected chi connectivity index (χ3v) is 6.01. The van der Waals surface area contributed by atoms with Crippen molar-refractivity contribution in [2.45, 2.75) is 64.1 Å². The SMILES string of the molecule is CC1(C)OC23C[C@H]1CC[C@]2(C)CC[C@H](CO)C3=O. The molecule has 1 spiro atoms. The van der Waals surface area contributed by atoms with Gasteiger partial charge in [0, 0.05) is 11.3 Å². The zero-order valence-corrected chi connectivity index (χ0v) is 11.7. The summed E-state index contributed by atoms with van der Waals surface area (Å²) in [5.74, 6) is 0.465. The topological polar surface area (TPSA) is 46.5 Å². The average Bonchev–Trinajstić information content (AvgIpc) is 2.54. The van der Waals surface area contributed by atoms with Gasteiger partial charge in [-0.1, -0.05) is 6.92 Å². The van der Waals surface area contributed by atoms with Gasteiger partial charge in [0.2, 0.25) is 0 Å². The Balaban J connectivity index is 2.04. The van der Waals surface area contributed by atoms with Crippen molar-refractivity contribution in [3.63, 3.8) is 0 Å². The molecule has 3 aliphatic rings. The molecule has 1 heterocycles. The van der Waals surface area contributed by atoms with E-state index in [2.05, 4.69) is 20.8 Å². The number of hydrogen-bond donors (Lipinski definition) is 1. The monoisotopic (exact) mass is 252 g/mol. The molecule has 4 atom stereocenters. The molecule has 0 aromatic heterocycles. The van der Waals surface area contributed by atoms with Crippen LogP contribution in [-0.2, 0) is 9.53 Å². The van der Waals surface area contributed by atoms with Crippen molar-refractivity contribution in [1.82, 2.24) is 0 Å². The highest BCUT2D eigenvalue weighted by molar-refractivity contribution is 5.92. The van der Waals surface area contributed by atoms with Crippen molar-refractivity contribution in [1.29, 1.82) is 0 Å². The third kappa shape index (κ3) is 1.35. The maximum Gasteiger partial charge on any atom is 0.170 e. The summed E-state index contributed by atoms with van der Waals surface area (Å²) in [5.41, 5.74) is -0.810. The van der Waals surface area contributed by atoms with Gasteiger partial charge >= 0.3 is 0 Å². The Morgan fingerprint density at radius 1 is 1.28 bits per heavy atom. The van der Waals surface area contributed by atoms with Crippen LogP contribution < -0.4 is 0 Å². The second-order valence-corrected chi connectivity index (χ2v) is 7.32. The van der Waals surface area contributed by atoms with E-state index in [1.165, 1.54) is 6.42 Å². The maximum absolute atomic E-state index is 12.8. The van der Waals surface area contributed by atoms with Gasteiger partial charge in [0.15, 0.2) is 5.78 Å². The zero-order chi connectivity index (χ0) is 13.2. The summed E-state index contributed by atoms with van der Waals surface area (Å²) in [6.45, 7) is 6.43. The first-order valence-electron chi connectivity index (χ1n) is 7.20. The van der Waals surface area contributed by atoms with Crippen molar-refractivity contribution in [3.05, 3.63) is 0 Å². The molecule has 3 rings (SSSR count). The fourth-order valence-electron chi connectivity index (χ4n) is 4.58. The van der Waals surface area contributed by atoms with Crippen molar-refractivity contribution in [2.75, 3.05) is 6.61 Å². The van der Waals surface area contributed by atoms with E-state index < -0.39 is 5.60 Å². The number of Topliss-reactive ketones (excluding diaryl/α,β-unsaturated/α-hetero) is 1. The van der Waals surface area contributed by atoms with Crippen molar-refractivity contribution >= 4 is 5.78 Å². The molecule has 3 nitrogen and oxygen atoms in total. The molecule has 0 aromatic rings. The van der Waals surface area contributed by atoms with E-state index in [0.29, 0.717) is 5.92 Å². The molecule has 0 aromatic carbocycles. The van der Waals surface area contributed by atoms with E-state index in [1.54, 1.807) is 0 Å². The fraction of sp³-hybridized carbons (Fsp3) is 0.933. The predicted octanol–water partition coefficient (Wildman–Crippen LogP) is 2.31. The lowest BCUT2D eigenvalue weighted by Gasteiger charge is -2.52. The van der Waals surface area contributed by atoms with Crippen LogP contribution in [0, 0.1) is 17.3 Å². The lowest BCUT2D eigenvalue weighted by atomic mass is 9.53. The largest absolute Gasteiger partial charge is 0.396 e. The molecule has 2 aliphatic carbocycles. The quantitative estimate of drug-likeness (QED) is 0.779. The van der Waals surface area contributed by atoms with Gasteiger partial charge < -0.3 is 9.84 Å². The van der Waals surface area contributed by atoms with Gasteiger partial charge in [-0.3, -0.25) is 4.79 Å². The molecule has 1 saturated heterocycles. The van der Waals surface area contributed by atoms with E-state index in [1.807, 2.05) is 0 Å². The summed E-state index contributed by atoms with van der Waals surface area (Å²) in [6.07, 6.45) is 4.95. The molecule has 0 radical (unpaired) electrons. The molecule has 18 heavy (non-hydrogen) atoms. The number of ketones is 1. The van der Waals surface area contributed by atoms with Crippen LogP contribution in [0.25, 0.3) is 0 Å². The Kier molecular flexibility index (Phi) is 2.50. The number of aliphatic hydroxyl groups is 1. The van der Waals surface area contributed by atoms with Crippen LogP contribution in [0.4, 0.5) is 0 Å². The van der Waals surface area contributed by atoms with Crippen LogP contribution >= 0.6 is 0 Å². The van der Waals surface area contributed by atoms with Crippen LogP contribution in [0.2, 0.25) is 0 Å². The van der Waals surface area contributed by atoms with Crippen molar-refractivity contribution in [3.8, 4) is 0 Å². The van der Waals surface area contributed by atoms with Gasteiger partial charge in [-0.05, 0) is 51.9 Å². The first-order valence-corrected chi connectivity index (χ1v) is 7.20. The molecule has 1 aliphatic heterocycles. The number of rotatable bonds is 1. The Labute approximate surface area is 109 Å². The van der Waals surface area contributed by atoms with Crippen LogP contribution in [0.15, 0.2) is 0 Å². The van der Waals surface area contributed by atoms with Crippen LogP contribution in [0.1, 0.15) is 52.9 Å². The van der Waals surface area contributed by atoms with E-state index in [-0.39, 0.29) is 29.3 Å². The highest BCUT2D eigenvalue weighted by Crippen LogP contribution is 2.63. The lowest BCUT2D eigenvalue weighted by Crippen LogP contribution is -2.60. The number of ether oxygens (including phenoxy) is 1. The summed E-state index contributed by atoms with van der Waals surface area (Å²) >= 11 is 0. The minimum atomic E-state index is -0.606. The average molecular weight is 252 g/mol. The molecule has 1 unspecified atom stereocenters. The van der Waals surface area contributed by atoms with Crippen molar-refractivity contribution < 1.29 is 14.6 Å². The van der Waals surface area contributed by atoms with Crippen molar-refractivity contribution in [2.24, 2.45) is 17.3 Å². The zero-order valence-electron chi connectivity index (χ0n) is 11.7. The van der Waals surface area contributed by atoms with Crippen LogP contribution in [0.3, 0.4) is 0 Å². The maximum atomic E-state index is 12.8. The molecule has 3 fully saturated rings. The summed E-state index contributed by atoms with van der Waals surface area (Å²) in [7, 11) is 0. The number of carbonyl (C=O) groups excluding carboxylic acids is 1. The fourth-order valence-corrected chi connectivity index (χ4v) is 4.58. The third-order valence-electron chi connectivity index (χ3n) is 6.01. The number of fused-ring (bicyclic) bond motifs is 1. The second-order valence-electron chi connectivity index (χ2n) is 7.32. The van der Waals surface area contributed by atoms with Crippen LogP contribution in [0.5, 0.6) is 0 Å². The smallest absolute Gasteiger partial charge is 0.170 e. The van der Waals surface area contributed by atoms with Gasteiger partial charge in [0.1, 0.15) is 5.60 Å². The Hall–Kier alpha value is -0.410. The lowest BCUT2D eigenvalue weighted by molar-refractivity contribution is -0.188. The Morgan fingerprint density at radius 2 is 1.94 bits per heavy atom. The standard InChI is InChI=1S/C15H24O3/c1-13(2)11-5-7-14(3)6-4-10(9-16)12(17)15(14,8-11)18-13/h10-11,16H,4-9H2,1-3H3/t10-,11-,14+,15?/m1/s1. The number of hydrogen-bond acceptors (Lipinski definition) is 3. The van der Waals surface area contributed by atoms with Gasteiger partial charge in [0.05, 0.1) is 12.2 Å². The van der Waals surface area contributed by atoms with Gasteiger partial charge in [0.25, 0.3) is 0 Å². The normalized spacial score (nSPS) is 50.1. The Morgan fingerprint density at radius 3 is 2.61 bits per heavy atom. The van der Waals surface area contributed by atoms with E-state index >= 15 is 0 Å². The minimum absolute atomic E-state index is 0.0139. The highest BCUT2D eigenvalue weighted by atomic mass is 16.5. The molecule has 2 bridgehead atoms. The summed E-state index contributed by atoms with van der Waals surface area (Å²) < 4.78 is 6.35. The first kappa shape index (κ1) is 12.6. The first-order chi connectivity index (χ1) is 8.35. The Bertz CT molecular complexity index is 389. The number of aliphatic hydroxyl groups excluding tert-OH is 1. The summed E-state index contributed by atoms with van der Waals surface area (Å²) in [6, 6.07) is 0. The second kappa shape index (κ2) is 3.57. The minimum Gasteiger partial charge on any atom is -0.396 e. The summed E-state index contributed by atoms with van der Waals surface area (Å²) in [4.78, 5) is 12.8. The molecule has 0 amide bonds. The van der Waals surface area contributed by atoms with Gasteiger partial charge in [-0.25, -0.2) is 0 Å².